The molecule has 166 valence electrons. The van der Waals surface area contributed by atoms with E-state index in [1.807, 2.05) is 6.92 Å². The highest BCUT2D eigenvalue weighted by molar-refractivity contribution is 7.89. The lowest BCUT2D eigenvalue weighted by atomic mass is 10.0. The maximum atomic E-state index is 13.4. The third-order valence-electron chi connectivity index (χ3n) is 5.89. The minimum absolute atomic E-state index is 0.0221. The second kappa shape index (κ2) is 8.45. The monoisotopic (exact) mass is 446 g/mol. The molecule has 0 aliphatic carbocycles. The summed E-state index contributed by atoms with van der Waals surface area (Å²) in [5.41, 5.74) is 1.41. The second-order valence-electron chi connectivity index (χ2n) is 7.83. The van der Waals surface area contributed by atoms with Crippen LogP contribution in [0.15, 0.2) is 34.1 Å². The average Bonchev–Trinajstić information content (AvgIpc) is 3.39. The van der Waals surface area contributed by atoms with Crippen LogP contribution in [0.25, 0.3) is 21.8 Å². The minimum Gasteiger partial charge on any atom is -0.481 e. The molecule has 3 aromatic rings. The average molecular weight is 447 g/mol. The third-order valence-corrected chi connectivity index (χ3v) is 7.92. The summed E-state index contributed by atoms with van der Waals surface area (Å²) in [6.45, 7) is 3.63. The molecule has 0 bridgehead atoms. The van der Waals surface area contributed by atoms with E-state index in [9.17, 15) is 18.0 Å². The zero-order valence-corrected chi connectivity index (χ0v) is 18.1. The molecule has 0 saturated carbocycles. The number of sulfonamides is 1. The number of carboxylic acids is 1. The predicted octanol–water partition coefficient (Wildman–Crippen LogP) is 1.79. The number of benzene rings is 1. The second-order valence-corrected chi connectivity index (χ2v) is 9.72. The Morgan fingerprint density at radius 1 is 1.32 bits per heavy atom. The normalized spacial score (nSPS) is 17.2. The predicted molar refractivity (Wildman–Crippen MR) is 118 cm³/mol. The third kappa shape index (κ3) is 3.98. The fraction of sp³-hybridized carbons (Fsp3) is 0.429. The number of likely N-dealkylation sites (N-methyl/N-ethyl adjacent to an activating group) is 1. The highest BCUT2D eigenvalue weighted by Crippen LogP contribution is 2.29. The van der Waals surface area contributed by atoms with Crippen molar-refractivity contribution in [1.82, 2.24) is 19.6 Å². The lowest BCUT2D eigenvalue weighted by molar-refractivity contribution is -0.137. The molecule has 31 heavy (non-hydrogen) atoms. The molecule has 1 aliphatic rings. The topological polar surface area (TPSA) is 135 Å². The molecule has 9 nitrogen and oxygen atoms in total. The van der Waals surface area contributed by atoms with Crippen LogP contribution >= 0.6 is 0 Å². The zero-order chi connectivity index (χ0) is 22.2. The Bertz CT molecular complexity index is 1290. The van der Waals surface area contributed by atoms with Crippen molar-refractivity contribution in [3.8, 4) is 0 Å². The maximum Gasteiger partial charge on any atom is 0.303 e. The van der Waals surface area contributed by atoms with Gasteiger partial charge in [-0.25, -0.2) is 8.42 Å². The molecular weight excluding hydrogens is 420 g/mol. The molecule has 1 aromatic carbocycles. The van der Waals surface area contributed by atoms with Crippen LogP contribution in [0.3, 0.4) is 0 Å². The van der Waals surface area contributed by atoms with Gasteiger partial charge in [0.1, 0.15) is 5.52 Å². The number of aromatic nitrogens is 2. The summed E-state index contributed by atoms with van der Waals surface area (Å²) in [6.07, 6.45) is 3.38. The van der Waals surface area contributed by atoms with Gasteiger partial charge in [0.15, 0.2) is 0 Å². The van der Waals surface area contributed by atoms with Gasteiger partial charge in [0.2, 0.25) is 10.0 Å². The van der Waals surface area contributed by atoms with Gasteiger partial charge in [0, 0.05) is 48.0 Å². The molecular formula is C21H26N4O5S. The van der Waals surface area contributed by atoms with Crippen LogP contribution in [-0.2, 0) is 21.2 Å². The molecule has 10 heteroatoms. The molecule has 4 rings (SSSR count). The Kier molecular flexibility index (Phi) is 5.87. The number of nitrogens with zero attached hydrogens (tertiary/aromatic N) is 1. The van der Waals surface area contributed by atoms with Gasteiger partial charge in [-0.3, -0.25) is 9.59 Å². The molecule has 1 atom stereocenters. The largest absolute Gasteiger partial charge is 0.481 e. The van der Waals surface area contributed by atoms with Crippen molar-refractivity contribution in [2.45, 2.75) is 43.5 Å². The number of pyridine rings is 1. The van der Waals surface area contributed by atoms with Crippen LogP contribution in [0.1, 0.15) is 31.7 Å². The van der Waals surface area contributed by atoms with Gasteiger partial charge < -0.3 is 20.4 Å². The Labute approximate surface area is 179 Å². The number of carboxylic acid groups (broad SMARTS) is 1. The SMILES string of the molecule is CCN(C1CCNC1)S(=O)(=O)c1ccc2[nH]c(=O)c3[nH]cc(CCCC(=O)O)c3c2c1. The minimum atomic E-state index is -3.72. The van der Waals surface area contributed by atoms with Crippen molar-refractivity contribution in [2.24, 2.45) is 0 Å². The number of rotatable bonds is 8. The standard InChI is InChI=1S/C21H26N4O5S/c1-2-25(14-8-9-22-12-14)31(29,30)15-6-7-17-16(10-15)19-13(4-3-5-18(26)27)11-23-20(19)21(28)24-17/h6-7,10-11,14,22-23H,2-5,8-9,12H2,1H3,(H,24,28)(H,26,27). The quantitative estimate of drug-likeness (QED) is 0.417. The number of aliphatic carboxylic acids is 1. The first-order valence-electron chi connectivity index (χ1n) is 10.4. The van der Waals surface area contributed by atoms with Crippen LogP contribution in [0.4, 0.5) is 0 Å². The van der Waals surface area contributed by atoms with Crippen LogP contribution in [0.2, 0.25) is 0 Å². The van der Waals surface area contributed by atoms with Crippen molar-refractivity contribution in [2.75, 3.05) is 19.6 Å². The lowest BCUT2D eigenvalue weighted by Crippen LogP contribution is -2.41. The fourth-order valence-corrected chi connectivity index (χ4v) is 6.10. The van der Waals surface area contributed by atoms with Crippen molar-refractivity contribution in [3.63, 3.8) is 0 Å². The van der Waals surface area contributed by atoms with Crippen LogP contribution in [0, 0.1) is 0 Å². The van der Waals surface area contributed by atoms with Gasteiger partial charge in [-0.15, -0.1) is 0 Å². The van der Waals surface area contributed by atoms with Crippen molar-refractivity contribution < 1.29 is 18.3 Å². The first-order valence-corrected chi connectivity index (χ1v) is 11.9. The number of carbonyl (C=O) groups is 1. The van der Waals surface area contributed by atoms with Crippen LogP contribution in [-0.4, -0.2) is 59.4 Å². The highest BCUT2D eigenvalue weighted by Gasteiger charge is 2.32. The summed E-state index contributed by atoms with van der Waals surface area (Å²) in [5, 5.41) is 13.4. The Hall–Kier alpha value is -2.69. The molecule has 4 N–H and O–H groups in total. The molecule has 0 radical (unpaired) electrons. The summed E-state index contributed by atoms with van der Waals surface area (Å²) in [7, 11) is -3.72. The summed E-state index contributed by atoms with van der Waals surface area (Å²) < 4.78 is 28.4. The van der Waals surface area contributed by atoms with E-state index in [4.69, 9.17) is 5.11 Å². The lowest BCUT2D eigenvalue weighted by Gasteiger charge is -2.26. The van der Waals surface area contributed by atoms with E-state index < -0.39 is 16.0 Å². The van der Waals surface area contributed by atoms with Crippen LogP contribution in [0.5, 0.6) is 0 Å². The van der Waals surface area contributed by atoms with E-state index in [1.54, 1.807) is 18.3 Å². The van der Waals surface area contributed by atoms with E-state index in [1.165, 1.54) is 10.4 Å². The smallest absolute Gasteiger partial charge is 0.303 e. The first-order chi connectivity index (χ1) is 14.8. The number of nitrogens with one attached hydrogen (secondary N) is 3. The Morgan fingerprint density at radius 2 is 2.13 bits per heavy atom. The van der Waals surface area contributed by atoms with Crippen molar-refractivity contribution >= 4 is 37.8 Å². The van der Waals surface area contributed by atoms with Gasteiger partial charge in [0.25, 0.3) is 5.56 Å². The molecule has 1 saturated heterocycles. The number of hydrogen-bond acceptors (Lipinski definition) is 5. The van der Waals surface area contributed by atoms with E-state index in [0.29, 0.717) is 47.7 Å². The summed E-state index contributed by atoms with van der Waals surface area (Å²) in [5.74, 6) is -0.878. The van der Waals surface area contributed by atoms with Crippen molar-refractivity contribution in [1.29, 1.82) is 0 Å². The highest BCUT2D eigenvalue weighted by atomic mass is 32.2. The fourth-order valence-electron chi connectivity index (χ4n) is 4.41. The summed E-state index contributed by atoms with van der Waals surface area (Å²) in [4.78, 5) is 29.3. The first kappa shape index (κ1) is 21.5. The molecule has 1 fully saturated rings. The zero-order valence-electron chi connectivity index (χ0n) is 17.3. The van der Waals surface area contributed by atoms with E-state index in [0.717, 1.165) is 18.5 Å². The summed E-state index contributed by atoms with van der Waals surface area (Å²) >= 11 is 0. The van der Waals surface area contributed by atoms with E-state index in [-0.39, 0.29) is 22.9 Å². The van der Waals surface area contributed by atoms with Gasteiger partial charge in [-0.1, -0.05) is 6.92 Å². The molecule has 1 unspecified atom stereocenters. The van der Waals surface area contributed by atoms with E-state index >= 15 is 0 Å². The van der Waals surface area contributed by atoms with Gasteiger partial charge >= 0.3 is 5.97 Å². The number of hydrogen-bond donors (Lipinski definition) is 4. The molecule has 2 aromatic heterocycles. The Balaban J connectivity index is 1.82. The van der Waals surface area contributed by atoms with Gasteiger partial charge in [0.05, 0.1) is 4.90 Å². The number of aryl methyl sites for hydroxylation is 1. The molecule has 0 spiro atoms. The van der Waals surface area contributed by atoms with Gasteiger partial charge in [-0.05, 0) is 49.6 Å². The maximum absolute atomic E-state index is 13.4. The Morgan fingerprint density at radius 3 is 2.81 bits per heavy atom. The van der Waals surface area contributed by atoms with Gasteiger partial charge in [-0.2, -0.15) is 4.31 Å². The molecule has 1 aliphatic heterocycles. The molecule has 0 amide bonds. The number of H-pyrrole nitrogens is 2. The summed E-state index contributed by atoms with van der Waals surface area (Å²) in [6, 6.07) is 4.68. The van der Waals surface area contributed by atoms with Crippen LogP contribution < -0.4 is 10.9 Å². The molecule has 3 heterocycles. The van der Waals surface area contributed by atoms with E-state index in [2.05, 4.69) is 15.3 Å². The number of fused-ring (bicyclic) bond motifs is 3. The number of aromatic amines is 2. The van der Waals surface area contributed by atoms with Crippen molar-refractivity contribution in [3.05, 3.63) is 40.3 Å².